The van der Waals surface area contributed by atoms with Crippen molar-refractivity contribution in [3.05, 3.63) is 28.8 Å². The van der Waals surface area contributed by atoms with Gasteiger partial charge in [0.05, 0.1) is 15.5 Å². The SMILES string of the molecule is CCC1CCC(N(C(=O)c2cc(S(C)(=O)=O)ccc2Cl)C2CC2)CC1. The first-order chi connectivity index (χ1) is 11.8. The fourth-order valence-electron chi connectivity index (χ4n) is 3.85. The molecule has 6 heteroatoms. The van der Waals surface area contributed by atoms with E-state index in [1.807, 2.05) is 4.90 Å². The summed E-state index contributed by atoms with van der Waals surface area (Å²) in [6.07, 6.45) is 8.80. The maximum atomic E-state index is 13.2. The number of amides is 1. The molecule has 0 atom stereocenters. The number of hydrogen-bond donors (Lipinski definition) is 0. The molecule has 0 N–H and O–H groups in total. The van der Waals surface area contributed by atoms with E-state index in [4.69, 9.17) is 11.6 Å². The van der Waals surface area contributed by atoms with Gasteiger partial charge in [-0.3, -0.25) is 4.79 Å². The van der Waals surface area contributed by atoms with E-state index in [1.54, 1.807) is 0 Å². The summed E-state index contributed by atoms with van der Waals surface area (Å²) in [5.74, 6) is 0.655. The summed E-state index contributed by atoms with van der Waals surface area (Å²) in [5.41, 5.74) is 0.314. The van der Waals surface area contributed by atoms with Crippen LogP contribution in [0, 0.1) is 5.92 Å². The summed E-state index contributed by atoms with van der Waals surface area (Å²) in [7, 11) is -3.37. The van der Waals surface area contributed by atoms with Crippen LogP contribution in [0.25, 0.3) is 0 Å². The highest BCUT2D eigenvalue weighted by Gasteiger charge is 2.39. The van der Waals surface area contributed by atoms with Crippen LogP contribution in [0.2, 0.25) is 5.02 Å². The van der Waals surface area contributed by atoms with Crippen molar-refractivity contribution in [3.63, 3.8) is 0 Å². The number of nitrogens with zero attached hydrogens (tertiary/aromatic N) is 1. The van der Waals surface area contributed by atoms with Crippen LogP contribution in [0.5, 0.6) is 0 Å². The molecule has 0 unspecified atom stereocenters. The number of carbonyl (C=O) groups excluding carboxylic acids is 1. The van der Waals surface area contributed by atoms with E-state index >= 15 is 0 Å². The summed E-state index contributed by atoms with van der Waals surface area (Å²) in [6, 6.07) is 4.95. The van der Waals surface area contributed by atoms with Crippen LogP contribution in [-0.2, 0) is 9.84 Å². The third-order valence-corrected chi connectivity index (χ3v) is 7.00. The quantitative estimate of drug-likeness (QED) is 0.760. The zero-order chi connectivity index (χ0) is 18.2. The van der Waals surface area contributed by atoms with Gasteiger partial charge in [-0.05, 0) is 62.6 Å². The van der Waals surface area contributed by atoms with E-state index in [1.165, 1.54) is 24.6 Å². The minimum absolute atomic E-state index is 0.113. The summed E-state index contributed by atoms with van der Waals surface area (Å²) < 4.78 is 23.7. The van der Waals surface area contributed by atoms with Gasteiger partial charge in [0, 0.05) is 18.3 Å². The molecule has 1 amide bonds. The van der Waals surface area contributed by atoms with Crippen molar-refractivity contribution in [3.8, 4) is 0 Å². The largest absolute Gasteiger partial charge is 0.333 e. The Balaban J connectivity index is 1.87. The topological polar surface area (TPSA) is 54.5 Å². The molecule has 3 rings (SSSR count). The molecule has 2 aliphatic rings. The van der Waals surface area contributed by atoms with Crippen molar-refractivity contribution in [1.82, 2.24) is 4.90 Å². The number of rotatable bonds is 5. The first kappa shape index (κ1) is 18.7. The molecule has 1 aromatic rings. The third kappa shape index (κ3) is 4.20. The molecule has 25 heavy (non-hydrogen) atoms. The Hall–Kier alpha value is -1.07. The van der Waals surface area contributed by atoms with Crippen molar-refractivity contribution < 1.29 is 13.2 Å². The fourth-order valence-corrected chi connectivity index (χ4v) is 4.70. The Bertz CT molecular complexity index is 750. The number of carbonyl (C=O) groups is 1. The molecule has 0 bridgehead atoms. The zero-order valence-corrected chi connectivity index (χ0v) is 16.4. The predicted molar refractivity (Wildman–Crippen MR) is 99.8 cm³/mol. The van der Waals surface area contributed by atoms with E-state index in [2.05, 4.69) is 6.92 Å². The van der Waals surface area contributed by atoms with Crippen LogP contribution in [0.4, 0.5) is 0 Å². The molecule has 1 aromatic carbocycles. The van der Waals surface area contributed by atoms with Crippen molar-refractivity contribution in [2.45, 2.75) is 68.8 Å². The van der Waals surface area contributed by atoms with Gasteiger partial charge in [0.25, 0.3) is 5.91 Å². The summed E-state index contributed by atoms with van der Waals surface area (Å²) >= 11 is 6.25. The van der Waals surface area contributed by atoms with E-state index < -0.39 is 9.84 Å². The number of sulfone groups is 1. The van der Waals surface area contributed by atoms with E-state index in [-0.39, 0.29) is 22.9 Å². The molecule has 0 spiro atoms. The summed E-state index contributed by atoms with van der Waals surface area (Å²) in [4.78, 5) is 15.4. The second kappa shape index (κ2) is 7.28. The molecule has 138 valence electrons. The smallest absolute Gasteiger partial charge is 0.255 e. The lowest BCUT2D eigenvalue weighted by Crippen LogP contribution is -2.44. The van der Waals surface area contributed by atoms with Crippen LogP contribution in [-0.4, -0.2) is 37.6 Å². The molecule has 0 saturated heterocycles. The lowest BCUT2D eigenvalue weighted by Gasteiger charge is -2.37. The van der Waals surface area contributed by atoms with Crippen molar-refractivity contribution in [2.24, 2.45) is 5.92 Å². The van der Waals surface area contributed by atoms with Crippen LogP contribution >= 0.6 is 11.6 Å². The third-order valence-electron chi connectivity index (χ3n) is 5.56. The minimum atomic E-state index is -3.37. The molecular formula is C19H26ClNO3S. The average Bonchev–Trinajstić information content (AvgIpc) is 3.40. The fraction of sp³-hybridized carbons (Fsp3) is 0.632. The maximum Gasteiger partial charge on any atom is 0.255 e. The first-order valence-corrected chi connectivity index (χ1v) is 11.4. The Morgan fingerprint density at radius 3 is 2.16 bits per heavy atom. The average molecular weight is 384 g/mol. The lowest BCUT2D eigenvalue weighted by atomic mass is 9.83. The number of halogens is 1. The molecule has 4 nitrogen and oxygen atoms in total. The highest BCUT2D eigenvalue weighted by atomic mass is 35.5. The standard InChI is InChI=1S/C19H26ClNO3S/c1-3-13-4-6-14(7-5-13)21(15-8-9-15)19(22)17-12-16(25(2,23)24)10-11-18(17)20/h10-15H,3-9H2,1-2H3. The molecule has 2 fully saturated rings. The highest BCUT2D eigenvalue weighted by molar-refractivity contribution is 7.90. The van der Waals surface area contributed by atoms with Gasteiger partial charge in [-0.1, -0.05) is 24.9 Å². The van der Waals surface area contributed by atoms with E-state index in [0.29, 0.717) is 10.6 Å². The monoisotopic (exact) mass is 383 g/mol. The van der Waals surface area contributed by atoms with Gasteiger partial charge in [0.15, 0.2) is 9.84 Å². The van der Waals surface area contributed by atoms with Gasteiger partial charge >= 0.3 is 0 Å². The van der Waals surface area contributed by atoms with Gasteiger partial charge in [0.1, 0.15) is 0 Å². The van der Waals surface area contributed by atoms with Gasteiger partial charge < -0.3 is 4.90 Å². The lowest BCUT2D eigenvalue weighted by molar-refractivity contribution is 0.0587. The summed E-state index contributed by atoms with van der Waals surface area (Å²) in [6.45, 7) is 2.23. The molecule has 0 aromatic heterocycles. The van der Waals surface area contributed by atoms with Gasteiger partial charge in [-0.25, -0.2) is 8.42 Å². The summed E-state index contributed by atoms with van der Waals surface area (Å²) in [5, 5.41) is 0.324. The predicted octanol–water partition coefficient (Wildman–Crippen LogP) is 4.32. The molecule has 2 aliphatic carbocycles. The number of benzene rings is 1. The van der Waals surface area contributed by atoms with Crippen LogP contribution in [0.3, 0.4) is 0 Å². The maximum absolute atomic E-state index is 13.2. The second-order valence-corrected chi connectivity index (χ2v) is 9.86. The molecule has 2 saturated carbocycles. The van der Waals surface area contributed by atoms with E-state index in [9.17, 15) is 13.2 Å². The normalized spacial score (nSPS) is 24.1. The van der Waals surface area contributed by atoms with Gasteiger partial charge in [0.2, 0.25) is 0 Å². The Kier molecular flexibility index (Phi) is 5.45. The van der Waals surface area contributed by atoms with Crippen LogP contribution in [0.15, 0.2) is 23.1 Å². The molecule has 0 radical (unpaired) electrons. The second-order valence-electron chi connectivity index (χ2n) is 7.44. The van der Waals surface area contributed by atoms with Crippen molar-refractivity contribution in [2.75, 3.05) is 6.26 Å². The zero-order valence-electron chi connectivity index (χ0n) is 14.9. The van der Waals surface area contributed by atoms with Crippen molar-refractivity contribution >= 4 is 27.3 Å². The number of hydrogen-bond acceptors (Lipinski definition) is 3. The van der Waals surface area contributed by atoms with Gasteiger partial charge in [-0.15, -0.1) is 0 Å². The Labute approximate surface area is 155 Å². The van der Waals surface area contributed by atoms with Crippen LogP contribution in [0.1, 0.15) is 62.2 Å². The van der Waals surface area contributed by atoms with Crippen molar-refractivity contribution in [1.29, 1.82) is 0 Å². The van der Waals surface area contributed by atoms with E-state index in [0.717, 1.165) is 50.7 Å². The first-order valence-electron chi connectivity index (χ1n) is 9.13. The molecule has 0 aliphatic heterocycles. The van der Waals surface area contributed by atoms with Gasteiger partial charge in [-0.2, -0.15) is 0 Å². The highest BCUT2D eigenvalue weighted by Crippen LogP contribution is 2.38. The van der Waals surface area contributed by atoms with Crippen LogP contribution < -0.4 is 0 Å². The minimum Gasteiger partial charge on any atom is -0.333 e. The Morgan fingerprint density at radius 1 is 1.12 bits per heavy atom. The Morgan fingerprint density at radius 2 is 1.68 bits per heavy atom. The molecule has 0 heterocycles. The molecular weight excluding hydrogens is 358 g/mol.